The van der Waals surface area contributed by atoms with Crippen molar-refractivity contribution in [2.45, 2.75) is 31.2 Å². The third kappa shape index (κ3) is 4.60. The van der Waals surface area contributed by atoms with E-state index in [1.54, 1.807) is 20.3 Å². The molecule has 0 atom stereocenters. The Morgan fingerprint density at radius 3 is 2.38 bits per heavy atom. The number of rotatable bonds is 8. The molecule has 7 heteroatoms. The second kappa shape index (κ2) is 9.48. The van der Waals surface area contributed by atoms with Crippen molar-refractivity contribution in [1.82, 2.24) is 9.62 Å². The van der Waals surface area contributed by atoms with Crippen molar-refractivity contribution in [3.63, 3.8) is 0 Å². The summed E-state index contributed by atoms with van der Waals surface area (Å²) in [5, 5.41) is 1.73. The van der Waals surface area contributed by atoms with Gasteiger partial charge in [0.25, 0.3) is 0 Å². The van der Waals surface area contributed by atoms with Crippen LogP contribution >= 0.6 is 0 Å². The average molecular weight is 455 g/mol. The zero-order valence-corrected chi connectivity index (χ0v) is 19.7. The van der Waals surface area contributed by atoms with Gasteiger partial charge in [-0.15, -0.1) is 0 Å². The lowest BCUT2D eigenvalue weighted by Gasteiger charge is -2.29. The van der Waals surface area contributed by atoms with Crippen molar-refractivity contribution in [3.8, 4) is 11.5 Å². The van der Waals surface area contributed by atoms with E-state index in [-0.39, 0.29) is 0 Å². The van der Waals surface area contributed by atoms with E-state index in [1.807, 2.05) is 43.3 Å². The summed E-state index contributed by atoms with van der Waals surface area (Å²) in [5.41, 5.74) is 3.59. The predicted octanol–water partition coefficient (Wildman–Crippen LogP) is 3.89. The quantitative estimate of drug-likeness (QED) is 0.523. The van der Waals surface area contributed by atoms with E-state index in [4.69, 9.17) is 9.47 Å². The monoisotopic (exact) mass is 454 g/mol. The van der Waals surface area contributed by atoms with Gasteiger partial charge in [-0.05, 0) is 66.6 Å². The zero-order valence-electron chi connectivity index (χ0n) is 18.8. The highest BCUT2D eigenvalue weighted by Gasteiger charge is 2.20. The molecule has 1 N–H and O–H groups in total. The first kappa shape index (κ1) is 22.6. The molecule has 6 nitrogen and oxygen atoms in total. The lowest BCUT2D eigenvalue weighted by molar-refractivity contribution is 0.250. The maximum Gasteiger partial charge on any atom is 0.241 e. The number of fused-ring (bicyclic) bond motifs is 2. The molecule has 0 unspecified atom stereocenters. The molecule has 0 aromatic heterocycles. The lowest BCUT2D eigenvalue weighted by atomic mass is 9.98. The molecule has 0 saturated carbocycles. The Morgan fingerprint density at radius 1 is 0.969 bits per heavy atom. The summed E-state index contributed by atoms with van der Waals surface area (Å²) in [6.07, 6.45) is 1.68. The highest BCUT2D eigenvalue weighted by molar-refractivity contribution is 7.89. The summed E-state index contributed by atoms with van der Waals surface area (Å²) in [4.78, 5) is 2.69. The Morgan fingerprint density at radius 2 is 1.66 bits per heavy atom. The third-order valence-electron chi connectivity index (χ3n) is 6.13. The summed E-state index contributed by atoms with van der Waals surface area (Å²) in [5.74, 6) is 1.50. The van der Waals surface area contributed by atoms with Gasteiger partial charge in [-0.2, -0.15) is 0 Å². The summed E-state index contributed by atoms with van der Waals surface area (Å²) in [6, 6.07) is 15.3. The number of nitrogens with one attached hydrogen (secondary N) is 1. The Bertz CT molecular complexity index is 1220. The van der Waals surface area contributed by atoms with E-state index in [1.165, 1.54) is 11.1 Å². The number of aryl methyl sites for hydroxylation is 1. The van der Waals surface area contributed by atoms with Gasteiger partial charge in [0.1, 0.15) is 0 Å². The summed E-state index contributed by atoms with van der Waals surface area (Å²) in [6.45, 7) is 4.99. The summed E-state index contributed by atoms with van der Waals surface area (Å²) in [7, 11) is -0.271. The molecule has 3 aromatic rings. The van der Waals surface area contributed by atoms with Crippen LogP contribution in [0.1, 0.15) is 23.1 Å². The minimum atomic E-state index is -3.57. The van der Waals surface area contributed by atoms with Crippen molar-refractivity contribution >= 4 is 20.8 Å². The maximum absolute atomic E-state index is 13.0. The van der Waals surface area contributed by atoms with Crippen molar-refractivity contribution in [2.75, 3.05) is 33.9 Å². The van der Waals surface area contributed by atoms with Crippen molar-refractivity contribution < 1.29 is 17.9 Å². The Balaban J connectivity index is 1.37. The van der Waals surface area contributed by atoms with Crippen LogP contribution in [0.3, 0.4) is 0 Å². The van der Waals surface area contributed by atoms with E-state index < -0.39 is 10.0 Å². The number of methoxy groups -OCH3 is 2. The second-order valence-electron chi connectivity index (χ2n) is 8.18. The van der Waals surface area contributed by atoms with Crippen LogP contribution in [-0.4, -0.2) is 47.2 Å². The van der Waals surface area contributed by atoms with Gasteiger partial charge >= 0.3 is 0 Å². The summed E-state index contributed by atoms with van der Waals surface area (Å²) >= 11 is 0. The number of sulfonamides is 1. The van der Waals surface area contributed by atoms with Crippen LogP contribution < -0.4 is 14.2 Å². The van der Waals surface area contributed by atoms with Crippen LogP contribution in [-0.2, 0) is 23.0 Å². The van der Waals surface area contributed by atoms with E-state index in [0.29, 0.717) is 11.4 Å². The molecular weight excluding hydrogens is 424 g/mol. The molecule has 32 heavy (non-hydrogen) atoms. The van der Waals surface area contributed by atoms with Gasteiger partial charge in [-0.1, -0.05) is 30.3 Å². The van der Waals surface area contributed by atoms with Gasteiger partial charge in [0.05, 0.1) is 19.1 Å². The van der Waals surface area contributed by atoms with Crippen LogP contribution in [0.5, 0.6) is 11.5 Å². The van der Waals surface area contributed by atoms with Crippen molar-refractivity contribution in [1.29, 1.82) is 0 Å². The molecule has 0 radical (unpaired) electrons. The molecule has 3 aromatic carbocycles. The van der Waals surface area contributed by atoms with Crippen LogP contribution in [0.2, 0.25) is 0 Å². The topological polar surface area (TPSA) is 67.9 Å². The third-order valence-corrected chi connectivity index (χ3v) is 7.65. The number of benzene rings is 3. The Labute approximate surface area is 190 Å². The number of ether oxygens (including phenoxy) is 2. The number of nitrogens with zero attached hydrogens (tertiary/aromatic N) is 1. The minimum absolute atomic E-state index is 0.339. The normalized spacial score (nSPS) is 14.3. The van der Waals surface area contributed by atoms with Crippen LogP contribution in [0.4, 0.5) is 0 Å². The second-order valence-corrected chi connectivity index (χ2v) is 9.91. The van der Waals surface area contributed by atoms with Gasteiger partial charge in [0.15, 0.2) is 11.5 Å². The molecule has 0 spiro atoms. The minimum Gasteiger partial charge on any atom is -0.493 e. The Kier molecular flexibility index (Phi) is 6.69. The van der Waals surface area contributed by atoms with Crippen LogP contribution in [0.15, 0.2) is 53.4 Å². The standard InChI is InChI=1S/C25H30N2O4S/c1-18-9-10-25(22-8-5-4-7-21(18)22)32(28,29)26-12-6-13-27-14-11-19-15-23(30-2)24(31-3)16-20(19)17-27/h4-5,7-10,15-16,26H,6,11-14,17H2,1-3H3. The average Bonchev–Trinajstić information content (AvgIpc) is 2.81. The van der Waals surface area contributed by atoms with Crippen LogP contribution in [0.25, 0.3) is 10.8 Å². The predicted molar refractivity (Wildman–Crippen MR) is 127 cm³/mol. The highest BCUT2D eigenvalue weighted by Crippen LogP contribution is 2.33. The van der Waals surface area contributed by atoms with Gasteiger partial charge in [-0.25, -0.2) is 13.1 Å². The molecule has 0 bridgehead atoms. The largest absolute Gasteiger partial charge is 0.493 e. The van der Waals surface area contributed by atoms with Gasteiger partial charge in [0.2, 0.25) is 10.0 Å². The first-order valence-electron chi connectivity index (χ1n) is 10.9. The van der Waals surface area contributed by atoms with Crippen LogP contribution in [0, 0.1) is 6.92 Å². The molecule has 0 fully saturated rings. The van der Waals surface area contributed by atoms with Crippen molar-refractivity contribution in [3.05, 3.63) is 65.2 Å². The zero-order chi connectivity index (χ0) is 22.7. The maximum atomic E-state index is 13.0. The smallest absolute Gasteiger partial charge is 0.241 e. The number of hydrogen-bond acceptors (Lipinski definition) is 5. The van der Waals surface area contributed by atoms with E-state index in [2.05, 4.69) is 15.7 Å². The SMILES string of the molecule is COc1cc2c(cc1OC)CN(CCCNS(=O)(=O)c1ccc(C)c3ccccc13)CC2. The molecule has 0 aliphatic carbocycles. The highest BCUT2D eigenvalue weighted by atomic mass is 32.2. The molecule has 1 aliphatic heterocycles. The van der Waals surface area contributed by atoms with E-state index in [9.17, 15) is 8.42 Å². The lowest BCUT2D eigenvalue weighted by Crippen LogP contribution is -2.33. The molecule has 4 rings (SSSR count). The summed E-state index contributed by atoms with van der Waals surface area (Å²) < 4.78 is 39.5. The fraction of sp³-hybridized carbons (Fsp3) is 0.360. The number of hydrogen-bond donors (Lipinski definition) is 1. The fourth-order valence-corrected chi connectivity index (χ4v) is 5.66. The fourth-order valence-electron chi connectivity index (χ4n) is 4.38. The first-order valence-corrected chi connectivity index (χ1v) is 12.4. The molecule has 0 amide bonds. The van der Waals surface area contributed by atoms with E-state index in [0.717, 1.165) is 60.3 Å². The first-order chi connectivity index (χ1) is 15.4. The molecule has 1 heterocycles. The van der Waals surface area contributed by atoms with Gasteiger partial charge < -0.3 is 9.47 Å². The van der Waals surface area contributed by atoms with Crippen molar-refractivity contribution in [2.24, 2.45) is 0 Å². The van der Waals surface area contributed by atoms with Gasteiger partial charge in [0, 0.05) is 25.0 Å². The molecular formula is C25H30N2O4S. The molecule has 170 valence electrons. The van der Waals surface area contributed by atoms with E-state index >= 15 is 0 Å². The molecule has 1 aliphatic rings. The van der Waals surface area contributed by atoms with Gasteiger partial charge in [-0.3, -0.25) is 4.90 Å². The Hall–Kier alpha value is -2.61. The molecule has 0 saturated heterocycles.